The fourth-order valence-electron chi connectivity index (χ4n) is 3.17. The van der Waals surface area contributed by atoms with Gasteiger partial charge in [0.15, 0.2) is 0 Å². The average molecular weight is 396 g/mol. The minimum Gasteiger partial charge on any atom is -0.496 e. The Labute approximate surface area is 167 Å². The molecule has 1 aliphatic rings. The third-order valence-corrected chi connectivity index (χ3v) is 5.64. The molecule has 3 rings (SSSR count). The summed E-state index contributed by atoms with van der Waals surface area (Å²) in [6.45, 7) is 2.00. The lowest BCUT2D eigenvalue weighted by Gasteiger charge is -2.08. The van der Waals surface area contributed by atoms with E-state index in [-0.39, 0.29) is 12.2 Å². The first-order chi connectivity index (χ1) is 13.6. The number of amides is 1. The lowest BCUT2D eigenvalue weighted by molar-refractivity contribution is -0.112. The molecule has 0 unspecified atom stereocenters. The molecule has 6 nitrogen and oxygen atoms in total. The van der Waals surface area contributed by atoms with Crippen molar-refractivity contribution in [1.29, 1.82) is 5.26 Å². The fourth-order valence-corrected chi connectivity index (χ4v) is 4.44. The second-order valence-corrected chi connectivity index (χ2v) is 7.25. The Hall–Kier alpha value is -3.11. The fraction of sp³-hybridized carbons (Fsp3) is 0.286. The molecule has 7 heteroatoms. The van der Waals surface area contributed by atoms with Crippen LogP contribution >= 0.6 is 11.3 Å². The summed E-state index contributed by atoms with van der Waals surface area (Å²) in [6.07, 6.45) is 4.13. The molecule has 1 aromatic carbocycles. The van der Waals surface area contributed by atoms with E-state index >= 15 is 0 Å². The number of aryl methyl sites for hydroxylation is 1. The molecule has 2 aromatic rings. The van der Waals surface area contributed by atoms with Crippen LogP contribution in [0.2, 0.25) is 0 Å². The molecule has 1 aliphatic carbocycles. The van der Waals surface area contributed by atoms with Crippen LogP contribution in [0.15, 0.2) is 29.8 Å². The van der Waals surface area contributed by atoms with Crippen molar-refractivity contribution in [1.82, 2.24) is 0 Å². The molecular formula is C21H20N2O4S. The number of fused-ring (bicyclic) bond motifs is 1. The predicted octanol–water partition coefficient (Wildman–Crippen LogP) is 3.97. The van der Waals surface area contributed by atoms with Crippen LogP contribution in [0.4, 0.5) is 5.00 Å². The topological polar surface area (TPSA) is 88.4 Å². The van der Waals surface area contributed by atoms with Gasteiger partial charge in [-0.3, -0.25) is 4.79 Å². The van der Waals surface area contributed by atoms with Crippen molar-refractivity contribution >= 4 is 34.3 Å². The van der Waals surface area contributed by atoms with E-state index in [1.807, 2.05) is 6.07 Å². The number of hydrogen-bond donors (Lipinski definition) is 1. The first-order valence-electron chi connectivity index (χ1n) is 8.96. The van der Waals surface area contributed by atoms with E-state index in [2.05, 4.69) is 5.32 Å². The van der Waals surface area contributed by atoms with Gasteiger partial charge in [0.05, 0.1) is 19.3 Å². The molecule has 28 heavy (non-hydrogen) atoms. The summed E-state index contributed by atoms with van der Waals surface area (Å²) < 4.78 is 10.4. The van der Waals surface area contributed by atoms with Crippen LogP contribution in [0, 0.1) is 11.3 Å². The van der Waals surface area contributed by atoms with Crippen molar-refractivity contribution in [2.75, 3.05) is 19.0 Å². The molecule has 0 fully saturated rings. The maximum atomic E-state index is 12.7. The second kappa shape index (κ2) is 8.72. The zero-order valence-corrected chi connectivity index (χ0v) is 16.5. The van der Waals surface area contributed by atoms with Gasteiger partial charge >= 0.3 is 5.97 Å². The van der Waals surface area contributed by atoms with Gasteiger partial charge in [-0.1, -0.05) is 18.2 Å². The second-order valence-electron chi connectivity index (χ2n) is 6.15. The number of thiophene rings is 1. The molecule has 1 N–H and O–H groups in total. The van der Waals surface area contributed by atoms with Gasteiger partial charge in [0, 0.05) is 10.4 Å². The minimum absolute atomic E-state index is 0.0760. The van der Waals surface area contributed by atoms with Gasteiger partial charge in [-0.25, -0.2) is 4.79 Å². The number of carbonyl (C=O) groups is 2. The van der Waals surface area contributed by atoms with Crippen molar-refractivity contribution in [2.24, 2.45) is 0 Å². The van der Waals surface area contributed by atoms with Crippen LogP contribution < -0.4 is 10.1 Å². The molecule has 1 aromatic heterocycles. The summed E-state index contributed by atoms with van der Waals surface area (Å²) in [7, 11) is 1.53. The third kappa shape index (κ3) is 3.92. The molecule has 0 saturated heterocycles. The molecule has 144 valence electrons. The van der Waals surface area contributed by atoms with E-state index in [4.69, 9.17) is 9.47 Å². The van der Waals surface area contributed by atoms with Crippen LogP contribution in [0.5, 0.6) is 5.75 Å². The first-order valence-corrected chi connectivity index (χ1v) is 9.78. The van der Waals surface area contributed by atoms with Crippen molar-refractivity contribution in [3.05, 3.63) is 51.4 Å². The molecule has 0 aliphatic heterocycles. The Morgan fingerprint density at radius 3 is 2.82 bits per heavy atom. The Kier molecular flexibility index (Phi) is 6.12. The molecule has 0 spiro atoms. The summed E-state index contributed by atoms with van der Waals surface area (Å²) in [5.41, 5.74) is 1.91. The van der Waals surface area contributed by atoms with E-state index in [0.29, 0.717) is 21.9 Å². The van der Waals surface area contributed by atoms with Gasteiger partial charge in [0.25, 0.3) is 5.91 Å². The predicted molar refractivity (Wildman–Crippen MR) is 108 cm³/mol. The maximum Gasteiger partial charge on any atom is 0.341 e. The van der Waals surface area contributed by atoms with Crippen molar-refractivity contribution in [3.63, 3.8) is 0 Å². The van der Waals surface area contributed by atoms with E-state index < -0.39 is 11.9 Å². The van der Waals surface area contributed by atoms with Crippen LogP contribution in [-0.2, 0) is 22.4 Å². The minimum atomic E-state index is -0.570. The van der Waals surface area contributed by atoms with Crippen LogP contribution in [0.1, 0.15) is 39.7 Å². The lowest BCUT2D eigenvalue weighted by Crippen LogP contribution is -2.16. The monoisotopic (exact) mass is 396 g/mol. The molecule has 0 saturated carbocycles. The van der Waals surface area contributed by atoms with Gasteiger partial charge in [-0.2, -0.15) is 5.26 Å². The Morgan fingerprint density at radius 2 is 2.11 bits per heavy atom. The number of methoxy groups -OCH3 is 1. The molecule has 1 heterocycles. The Morgan fingerprint density at radius 1 is 1.32 bits per heavy atom. The van der Waals surface area contributed by atoms with Crippen LogP contribution in [0.3, 0.4) is 0 Å². The van der Waals surface area contributed by atoms with Gasteiger partial charge < -0.3 is 14.8 Å². The summed E-state index contributed by atoms with van der Waals surface area (Å²) in [5.74, 6) is -0.450. The molecule has 0 bridgehead atoms. The van der Waals surface area contributed by atoms with Crippen molar-refractivity contribution < 1.29 is 19.1 Å². The van der Waals surface area contributed by atoms with E-state index in [0.717, 1.165) is 29.7 Å². The zero-order chi connectivity index (χ0) is 20.1. The molecule has 1 amide bonds. The molecule has 0 atom stereocenters. The highest BCUT2D eigenvalue weighted by atomic mass is 32.1. The van der Waals surface area contributed by atoms with Crippen LogP contribution in [0.25, 0.3) is 6.08 Å². The quantitative estimate of drug-likeness (QED) is 0.453. The largest absolute Gasteiger partial charge is 0.496 e. The lowest BCUT2D eigenvalue weighted by atomic mass is 10.1. The van der Waals surface area contributed by atoms with E-state index in [1.165, 1.54) is 24.5 Å². The average Bonchev–Trinajstić information content (AvgIpc) is 3.27. The normalized spacial score (nSPS) is 12.8. The number of rotatable bonds is 6. The number of esters is 1. The number of anilines is 1. The standard InChI is InChI=1S/C21H20N2O4S/c1-3-27-21(25)18-15-8-6-10-17(15)28-20(18)23-19(24)14(12-22)11-13-7-4-5-9-16(13)26-2/h4-5,7,9,11H,3,6,8,10H2,1-2H3,(H,23,24)/b14-11-. The van der Waals surface area contributed by atoms with Crippen molar-refractivity contribution in [2.45, 2.75) is 26.2 Å². The highest BCUT2D eigenvalue weighted by Gasteiger charge is 2.28. The molecular weight excluding hydrogens is 376 g/mol. The highest BCUT2D eigenvalue weighted by Crippen LogP contribution is 2.39. The summed E-state index contributed by atoms with van der Waals surface area (Å²) in [4.78, 5) is 26.2. The zero-order valence-electron chi connectivity index (χ0n) is 15.7. The Bertz CT molecular complexity index is 985. The summed E-state index contributed by atoms with van der Waals surface area (Å²) in [6, 6.07) is 9.04. The molecule has 0 radical (unpaired) electrons. The number of ether oxygens (including phenoxy) is 2. The smallest absolute Gasteiger partial charge is 0.341 e. The highest BCUT2D eigenvalue weighted by molar-refractivity contribution is 7.17. The number of para-hydroxylation sites is 1. The summed E-state index contributed by atoms with van der Waals surface area (Å²) in [5, 5.41) is 12.6. The number of carbonyl (C=O) groups excluding carboxylic acids is 2. The summed E-state index contributed by atoms with van der Waals surface area (Å²) >= 11 is 1.38. The van der Waals surface area contributed by atoms with E-state index in [1.54, 1.807) is 31.2 Å². The SMILES string of the molecule is CCOC(=O)c1c(NC(=O)/C(C#N)=C\c2ccccc2OC)sc2c1CCC2. The number of nitrogens with one attached hydrogen (secondary N) is 1. The van der Waals surface area contributed by atoms with Crippen molar-refractivity contribution in [3.8, 4) is 11.8 Å². The first kappa shape index (κ1) is 19.6. The number of nitriles is 1. The van der Waals surface area contributed by atoms with Gasteiger partial charge in [0.1, 0.15) is 22.4 Å². The number of nitrogens with zero attached hydrogens (tertiary/aromatic N) is 1. The third-order valence-electron chi connectivity index (χ3n) is 4.43. The van der Waals surface area contributed by atoms with Gasteiger partial charge in [0.2, 0.25) is 0 Å². The van der Waals surface area contributed by atoms with Gasteiger partial charge in [-0.15, -0.1) is 11.3 Å². The van der Waals surface area contributed by atoms with Gasteiger partial charge in [-0.05, 0) is 43.9 Å². The maximum absolute atomic E-state index is 12.7. The Balaban J connectivity index is 1.91. The van der Waals surface area contributed by atoms with E-state index in [9.17, 15) is 14.9 Å². The van der Waals surface area contributed by atoms with Crippen LogP contribution in [-0.4, -0.2) is 25.6 Å². The number of hydrogen-bond acceptors (Lipinski definition) is 6. The number of benzene rings is 1.